The zero-order valence-corrected chi connectivity index (χ0v) is 10.1. The van der Waals surface area contributed by atoms with Gasteiger partial charge in [0.15, 0.2) is 0 Å². The third kappa shape index (κ3) is 1.95. The minimum absolute atomic E-state index is 0.745. The Kier molecular flexibility index (Phi) is 2.63. The third-order valence-corrected chi connectivity index (χ3v) is 3.34. The quantitative estimate of drug-likeness (QED) is 0.788. The second kappa shape index (κ2) is 4.28. The van der Waals surface area contributed by atoms with Gasteiger partial charge in [-0.25, -0.2) is 15.0 Å². The van der Waals surface area contributed by atoms with Crippen molar-refractivity contribution in [2.24, 2.45) is 0 Å². The van der Waals surface area contributed by atoms with Gasteiger partial charge in [-0.05, 0) is 38.7 Å². The van der Waals surface area contributed by atoms with Crippen molar-refractivity contribution in [2.75, 3.05) is 0 Å². The van der Waals surface area contributed by atoms with Gasteiger partial charge in [-0.3, -0.25) is 0 Å². The summed E-state index contributed by atoms with van der Waals surface area (Å²) in [6.45, 7) is 2.82. The van der Waals surface area contributed by atoms with Crippen LogP contribution in [-0.4, -0.2) is 19.5 Å². The van der Waals surface area contributed by atoms with Crippen molar-refractivity contribution in [1.82, 2.24) is 19.5 Å². The fourth-order valence-electron chi connectivity index (χ4n) is 2.50. The molecule has 17 heavy (non-hydrogen) atoms. The van der Waals surface area contributed by atoms with Gasteiger partial charge in [0.05, 0.1) is 12.2 Å². The molecule has 88 valence electrons. The number of rotatable bonds is 2. The van der Waals surface area contributed by atoms with E-state index in [1.54, 1.807) is 12.4 Å². The molecule has 0 spiro atoms. The van der Waals surface area contributed by atoms with E-state index in [1.165, 1.54) is 24.2 Å². The van der Waals surface area contributed by atoms with Gasteiger partial charge >= 0.3 is 0 Å². The first-order chi connectivity index (χ1) is 8.34. The zero-order chi connectivity index (χ0) is 11.7. The molecule has 2 aromatic rings. The van der Waals surface area contributed by atoms with E-state index in [2.05, 4.69) is 26.4 Å². The van der Waals surface area contributed by atoms with Crippen molar-refractivity contribution in [3.05, 3.63) is 41.5 Å². The lowest BCUT2D eigenvalue weighted by molar-refractivity contribution is 0.614. The second-order valence-electron chi connectivity index (χ2n) is 4.51. The van der Waals surface area contributed by atoms with Gasteiger partial charge in [0.25, 0.3) is 0 Å². The summed E-state index contributed by atoms with van der Waals surface area (Å²) >= 11 is 0. The average Bonchev–Trinajstić information content (AvgIpc) is 2.68. The predicted molar refractivity (Wildman–Crippen MR) is 64.7 cm³/mol. The molecule has 0 saturated carbocycles. The molecule has 0 aromatic carbocycles. The van der Waals surface area contributed by atoms with E-state index >= 15 is 0 Å². The highest BCUT2D eigenvalue weighted by molar-refractivity contribution is 5.20. The molecule has 1 aliphatic carbocycles. The smallest absolute Gasteiger partial charge is 0.147 e. The fourth-order valence-corrected chi connectivity index (χ4v) is 2.50. The summed E-state index contributed by atoms with van der Waals surface area (Å²) in [5.41, 5.74) is 2.67. The number of nitrogens with zero attached hydrogens (tertiary/aromatic N) is 4. The van der Waals surface area contributed by atoms with E-state index in [1.807, 2.05) is 6.07 Å². The predicted octanol–water partition coefficient (Wildman–Crippen LogP) is 1.91. The lowest BCUT2D eigenvalue weighted by atomic mass is 10.0. The Morgan fingerprint density at radius 2 is 1.94 bits per heavy atom. The first-order valence-electron chi connectivity index (χ1n) is 6.15. The molecule has 0 bridgehead atoms. The Morgan fingerprint density at radius 1 is 1.18 bits per heavy atom. The van der Waals surface area contributed by atoms with E-state index in [0.717, 1.165) is 31.0 Å². The maximum atomic E-state index is 4.65. The first kappa shape index (κ1) is 10.4. The van der Waals surface area contributed by atoms with Crippen LogP contribution in [0.25, 0.3) is 0 Å². The van der Waals surface area contributed by atoms with Crippen LogP contribution in [0.15, 0.2) is 18.5 Å². The molecule has 4 nitrogen and oxygen atoms in total. The molecule has 4 heteroatoms. The van der Waals surface area contributed by atoms with Crippen LogP contribution in [0.1, 0.15) is 35.9 Å². The van der Waals surface area contributed by atoms with Crippen molar-refractivity contribution < 1.29 is 0 Å². The number of aryl methyl sites for hydroxylation is 2. The maximum Gasteiger partial charge on any atom is 0.147 e. The summed E-state index contributed by atoms with van der Waals surface area (Å²) in [6, 6.07) is 1.85. The summed E-state index contributed by atoms with van der Waals surface area (Å²) < 4.78 is 2.27. The van der Waals surface area contributed by atoms with Crippen LogP contribution in [-0.2, 0) is 19.4 Å². The van der Waals surface area contributed by atoms with Crippen LogP contribution in [0, 0.1) is 6.92 Å². The molecule has 0 unspecified atom stereocenters. The molecule has 3 rings (SSSR count). The highest BCUT2D eigenvalue weighted by Gasteiger charge is 2.18. The topological polar surface area (TPSA) is 43.6 Å². The van der Waals surface area contributed by atoms with Crippen molar-refractivity contribution >= 4 is 0 Å². The Morgan fingerprint density at radius 3 is 2.76 bits per heavy atom. The molecular formula is C13H16N4. The molecule has 0 fully saturated rings. The minimum Gasteiger partial charge on any atom is -0.324 e. The Hall–Kier alpha value is -1.71. The van der Waals surface area contributed by atoms with Crippen LogP contribution in [0.5, 0.6) is 0 Å². The largest absolute Gasteiger partial charge is 0.324 e. The Bertz CT molecular complexity index is 516. The molecule has 0 aliphatic heterocycles. The zero-order valence-electron chi connectivity index (χ0n) is 10.1. The van der Waals surface area contributed by atoms with Crippen LogP contribution in [0.4, 0.5) is 0 Å². The van der Waals surface area contributed by atoms with Crippen LogP contribution >= 0.6 is 0 Å². The monoisotopic (exact) mass is 228 g/mol. The molecule has 2 aromatic heterocycles. The molecule has 0 saturated heterocycles. The van der Waals surface area contributed by atoms with Gasteiger partial charge < -0.3 is 4.57 Å². The summed E-state index contributed by atoms with van der Waals surface area (Å²) in [4.78, 5) is 13.2. The summed E-state index contributed by atoms with van der Waals surface area (Å²) in [5, 5.41) is 0. The van der Waals surface area contributed by atoms with E-state index in [-0.39, 0.29) is 0 Å². The third-order valence-electron chi connectivity index (χ3n) is 3.34. The molecular weight excluding hydrogens is 212 g/mol. The van der Waals surface area contributed by atoms with Gasteiger partial charge in [0.2, 0.25) is 0 Å². The molecule has 1 aliphatic rings. The van der Waals surface area contributed by atoms with E-state index in [4.69, 9.17) is 0 Å². The molecule has 0 N–H and O–H groups in total. The van der Waals surface area contributed by atoms with Gasteiger partial charge in [-0.1, -0.05) is 0 Å². The Balaban J connectivity index is 1.95. The van der Waals surface area contributed by atoms with Gasteiger partial charge in [-0.2, -0.15) is 0 Å². The SMILES string of the molecule is Cc1nc2c(n1Cc1ncccn1)CCCC2. The highest BCUT2D eigenvalue weighted by atomic mass is 15.1. The van der Waals surface area contributed by atoms with E-state index in [0.29, 0.717) is 0 Å². The van der Waals surface area contributed by atoms with Crippen LogP contribution < -0.4 is 0 Å². The Labute approximate surface area is 101 Å². The van der Waals surface area contributed by atoms with Gasteiger partial charge in [-0.15, -0.1) is 0 Å². The van der Waals surface area contributed by atoms with Crippen molar-refractivity contribution in [3.8, 4) is 0 Å². The molecule has 2 heterocycles. The second-order valence-corrected chi connectivity index (χ2v) is 4.51. The number of aromatic nitrogens is 4. The van der Waals surface area contributed by atoms with Crippen LogP contribution in [0.3, 0.4) is 0 Å². The number of imidazole rings is 1. The van der Waals surface area contributed by atoms with Gasteiger partial charge in [0.1, 0.15) is 11.6 Å². The molecule has 0 radical (unpaired) electrons. The summed E-state index contributed by atoms with van der Waals surface area (Å²) in [6.07, 6.45) is 8.39. The molecule has 0 amide bonds. The van der Waals surface area contributed by atoms with E-state index < -0.39 is 0 Å². The first-order valence-corrected chi connectivity index (χ1v) is 6.15. The lowest BCUT2D eigenvalue weighted by Crippen LogP contribution is -2.11. The van der Waals surface area contributed by atoms with Crippen molar-refractivity contribution in [3.63, 3.8) is 0 Å². The van der Waals surface area contributed by atoms with Crippen molar-refractivity contribution in [2.45, 2.75) is 39.2 Å². The average molecular weight is 228 g/mol. The normalized spacial score (nSPS) is 14.6. The number of hydrogen-bond acceptors (Lipinski definition) is 3. The molecule has 0 atom stereocenters. The lowest BCUT2D eigenvalue weighted by Gasteiger charge is -2.14. The summed E-state index contributed by atoms with van der Waals surface area (Å²) in [5.74, 6) is 1.95. The number of hydrogen-bond donors (Lipinski definition) is 0. The summed E-state index contributed by atoms with van der Waals surface area (Å²) in [7, 11) is 0. The standard InChI is InChI=1S/C13H16N4/c1-10-16-11-5-2-3-6-12(11)17(10)9-13-14-7-4-8-15-13/h4,7-8H,2-3,5-6,9H2,1H3. The van der Waals surface area contributed by atoms with E-state index in [9.17, 15) is 0 Å². The highest BCUT2D eigenvalue weighted by Crippen LogP contribution is 2.22. The van der Waals surface area contributed by atoms with Crippen molar-refractivity contribution in [1.29, 1.82) is 0 Å². The minimum atomic E-state index is 0.745. The fraction of sp³-hybridized carbons (Fsp3) is 0.462. The number of fused-ring (bicyclic) bond motifs is 1. The maximum absolute atomic E-state index is 4.65. The van der Waals surface area contributed by atoms with Gasteiger partial charge in [0, 0.05) is 18.1 Å². The van der Waals surface area contributed by atoms with Crippen LogP contribution in [0.2, 0.25) is 0 Å².